The number of nitrogens with zero attached hydrogens (tertiary/aromatic N) is 2. The molecule has 0 spiro atoms. The van der Waals surface area contributed by atoms with E-state index in [-0.39, 0.29) is 30.2 Å². The fraction of sp³-hybridized carbons (Fsp3) is 0.421. The van der Waals surface area contributed by atoms with Crippen LogP contribution in [0.1, 0.15) is 48.8 Å². The van der Waals surface area contributed by atoms with Gasteiger partial charge in [0.1, 0.15) is 16.5 Å². The van der Waals surface area contributed by atoms with Crippen LogP contribution in [-0.4, -0.2) is 30.0 Å². The summed E-state index contributed by atoms with van der Waals surface area (Å²) in [4.78, 5) is 35.3. The van der Waals surface area contributed by atoms with E-state index < -0.39 is 5.91 Å². The van der Waals surface area contributed by atoms with Crippen LogP contribution in [0.3, 0.4) is 0 Å². The van der Waals surface area contributed by atoms with Gasteiger partial charge in [-0.3, -0.25) is 19.3 Å². The van der Waals surface area contributed by atoms with Crippen LogP contribution < -0.4 is 15.1 Å². The fourth-order valence-corrected chi connectivity index (χ4v) is 3.42. The number of ether oxygens (including phenoxy) is 1. The van der Waals surface area contributed by atoms with E-state index in [2.05, 4.69) is 31.2 Å². The van der Waals surface area contributed by atoms with Gasteiger partial charge in [0.2, 0.25) is 0 Å². The van der Waals surface area contributed by atoms with Crippen molar-refractivity contribution in [1.29, 1.82) is 0 Å². The lowest BCUT2D eigenvalue weighted by atomic mass is 9.86. The number of anilines is 1. The first-order chi connectivity index (χ1) is 12.8. The highest BCUT2D eigenvalue weighted by atomic mass is 32.1. The number of fused-ring (bicyclic) bond motifs is 1. The van der Waals surface area contributed by atoms with Crippen LogP contribution >= 0.6 is 11.3 Å². The highest BCUT2D eigenvalue weighted by molar-refractivity contribution is 7.09. The summed E-state index contributed by atoms with van der Waals surface area (Å²) in [5, 5.41) is 2.32. The second-order valence-electron chi connectivity index (χ2n) is 7.19. The molecule has 7 nitrogen and oxygen atoms in total. The summed E-state index contributed by atoms with van der Waals surface area (Å²) in [6.07, 6.45) is 0. The summed E-state index contributed by atoms with van der Waals surface area (Å²) >= 11 is 1.33. The number of amides is 2. The van der Waals surface area contributed by atoms with E-state index >= 15 is 0 Å². The summed E-state index contributed by atoms with van der Waals surface area (Å²) in [6.45, 7) is 8.79. The topological polar surface area (TPSA) is 80.8 Å². The molecular weight excluding hydrogens is 366 g/mol. The van der Waals surface area contributed by atoms with E-state index in [0.717, 1.165) is 11.3 Å². The predicted molar refractivity (Wildman–Crippen MR) is 103 cm³/mol. The second kappa shape index (κ2) is 7.66. The number of hydroxylamine groups is 1. The van der Waals surface area contributed by atoms with E-state index in [1.165, 1.54) is 11.3 Å². The quantitative estimate of drug-likeness (QED) is 0.795. The lowest BCUT2D eigenvalue weighted by Crippen LogP contribution is -2.38. The van der Waals surface area contributed by atoms with Gasteiger partial charge in [-0.2, -0.15) is 0 Å². The Hall–Kier alpha value is -2.45. The number of benzene rings is 1. The van der Waals surface area contributed by atoms with Crippen molar-refractivity contribution in [3.05, 3.63) is 39.8 Å². The van der Waals surface area contributed by atoms with Crippen molar-refractivity contribution in [1.82, 2.24) is 10.5 Å². The summed E-state index contributed by atoms with van der Waals surface area (Å²) in [6, 6.07) is 5.91. The van der Waals surface area contributed by atoms with E-state index in [1.54, 1.807) is 17.2 Å². The first-order valence-electron chi connectivity index (χ1n) is 8.74. The molecule has 2 heterocycles. The molecule has 1 aromatic heterocycles. The van der Waals surface area contributed by atoms with Crippen LogP contribution in [0.5, 0.6) is 5.75 Å². The Bertz CT molecular complexity index is 857. The lowest BCUT2D eigenvalue weighted by Gasteiger charge is -2.30. The molecule has 144 valence electrons. The number of thiazole rings is 1. The molecule has 0 fully saturated rings. The van der Waals surface area contributed by atoms with Gasteiger partial charge in [0, 0.05) is 5.38 Å². The molecule has 2 aromatic rings. The number of carbonyl (C=O) groups is 2. The highest BCUT2D eigenvalue weighted by Crippen LogP contribution is 2.37. The molecule has 0 radical (unpaired) electrons. The largest absolute Gasteiger partial charge is 0.482 e. The van der Waals surface area contributed by atoms with Crippen LogP contribution in [0.4, 0.5) is 5.69 Å². The van der Waals surface area contributed by atoms with Gasteiger partial charge >= 0.3 is 0 Å². The van der Waals surface area contributed by atoms with Crippen molar-refractivity contribution in [2.45, 2.75) is 39.7 Å². The molecule has 3 rings (SSSR count). The molecule has 1 aliphatic rings. The molecule has 1 N–H and O–H groups in total. The molecule has 0 saturated carbocycles. The molecule has 8 heteroatoms. The van der Waals surface area contributed by atoms with Crippen molar-refractivity contribution in [2.75, 3.05) is 18.1 Å². The van der Waals surface area contributed by atoms with Gasteiger partial charge in [0.15, 0.2) is 6.61 Å². The van der Waals surface area contributed by atoms with Gasteiger partial charge in [-0.25, -0.2) is 10.5 Å². The van der Waals surface area contributed by atoms with Crippen molar-refractivity contribution < 1.29 is 19.2 Å². The third kappa shape index (κ3) is 4.28. The summed E-state index contributed by atoms with van der Waals surface area (Å²) in [7, 11) is 0. The smallest absolute Gasteiger partial charge is 0.294 e. The molecule has 2 amide bonds. The van der Waals surface area contributed by atoms with Crippen LogP contribution in [0.25, 0.3) is 0 Å². The van der Waals surface area contributed by atoms with Gasteiger partial charge in [-0.05, 0) is 30.0 Å². The number of carbonyl (C=O) groups excluding carboxylic acids is 2. The maximum Gasteiger partial charge on any atom is 0.294 e. The Morgan fingerprint density at radius 2 is 2.19 bits per heavy atom. The van der Waals surface area contributed by atoms with Crippen LogP contribution in [0, 0.1) is 0 Å². The van der Waals surface area contributed by atoms with E-state index in [9.17, 15) is 9.59 Å². The van der Waals surface area contributed by atoms with Crippen molar-refractivity contribution in [3.63, 3.8) is 0 Å². The first kappa shape index (κ1) is 19.3. The zero-order valence-electron chi connectivity index (χ0n) is 15.9. The van der Waals surface area contributed by atoms with Gasteiger partial charge in [-0.1, -0.05) is 26.8 Å². The molecule has 0 unspecified atom stereocenters. The SMILES string of the molecule is CCONC(=O)c1csc(CN2C(=O)COc3ccc(C(C)(C)C)cc32)n1. The summed E-state index contributed by atoms with van der Waals surface area (Å²) in [5.41, 5.74) is 4.38. The Morgan fingerprint density at radius 1 is 1.41 bits per heavy atom. The van der Waals surface area contributed by atoms with Gasteiger partial charge in [-0.15, -0.1) is 11.3 Å². The van der Waals surface area contributed by atoms with Crippen molar-refractivity contribution in [2.24, 2.45) is 0 Å². The molecule has 1 aromatic carbocycles. The van der Waals surface area contributed by atoms with Gasteiger partial charge < -0.3 is 4.74 Å². The average Bonchev–Trinajstić information content (AvgIpc) is 3.09. The Morgan fingerprint density at radius 3 is 2.89 bits per heavy atom. The number of aromatic nitrogens is 1. The zero-order chi connectivity index (χ0) is 19.6. The third-order valence-corrected chi connectivity index (χ3v) is 4.99. The molecule has 0 atom stereocenters. The van der Waals surface area contributed by atoms with Gasteiger partial charge in [0.25, 0.3) is 11.8 Å². The van der Waals surface area contributed by atoms with Crippen molar-refractivity contribution >= 4 is 28.8 Å². The molecule has 27 heavy (non-hydrogen) atoms. The van der Waals surface area contributed by atoms with Crippen LogP contribution in [-0.2, 0) is 21.6 Å². The van der Waals surface area contributed by atoms with E-state index in [4.69, 9.17) is 9.57 Å². The number of rotatable bonds is 5. The highest BCUT2D eigenvalue weighted by Gasteiger charge is 2.28. The Balaban J connectivity index is 1.85. The maximum absolute atomic E-state index is 12.5. The Kier molecular flexibility index (Phi) is 5.48. The second-order valence-corrected chi connectivity index (χ2v) is 8.13. The minimum absolute atomic E-state index is 0.00900. The fourth-order valence-electron chi connectivity index (χ4n) is 2.66. The standard InChI is InChI=1S/C19H23N3O4S/c1-5-26-21-18(24)13-11-27-16(20-13)9-22-14-8-12(19(2,3)4)6-7-15(14)25-10-17(22)23/h6-8,11H,5,9-10H2,1-4H3,(H,21,24). The monoisotopic (exact) mass is 389 g/mol. The van der Waals surface area contributed by atoms with E-state index in [1.807, 2.05) is 18.2 Å². The summed E-state index contributed by atoms with van der Waals surface area (Å²) in [5.74, 6) is 0.139. The minimum atomic E-state index is -0.400. The first-order valence-corrected chi connectivity index (χ1v) is 9.61. The third-order valence-electron chi connectivity index (χ3n) is 4.15. The molecular formula is C19H23N3O4S. The number of nitrogens with one attached hydrogen (secondary N) is 1. The van der Waals surface area contributed by atoms with Crippen LogP contribution in [0.15, 0.2) is 23.6 Å². The van der Waals surface area contributed by atoms with E-state index in [0.29, 0.717) is 17.4 Å². The molecule has 0 saturated heterocycles. The number of hydrogen-bond donors (Lipinski definition) is 1. The normalized spacial score (nSPS) is 13.9. The van der Waals surface area contributed by atoms with Gasteiger partial charge in [0.05, 0.1) is 18.8 Å². The molecule has 0 aliphatic carbocycles. The average molecular weight is 389 g/mol. The maximum atomic E-state index is 12.5. The molecule has 1 aliphatic heterocycles. The zero-order valence-corrected chi connectivity index (χ0v) is 16.7. The lowest BCUT2D eigenvalue weighted by molar-refractivity contribution is -0.121. The number of hydrogen-bond acceptors (Lipinski definition) is 6. The minimum Gasteiger partial charge on any atom is -0.482 e. The van der Waals surface area contributed by atoms with Crippen molar-refractivity contribution in [3.8, 4) is 5.75 Å². The predicted octanol–water partition coefficient (Wildman–Crippen LogP) is 3.05. The molecule has 0 bridgehead atoms. The Labute approximate surface area is 162 Å². The van der Waals surface area contributed by atoms with Crippen LogP contribution in [0.2, 0.25) is 0 Å². The summed E-state index contributed by atoms with van der Waals surface area (Å²) < 4.78 is 5.57.